The van der Waals surface area contributed by atoms with Crippen LogP contribution in [0, 0.1) is 0 Å². The number of nitrogens with two attached hydrogens (primary N) is 1. The Morgan fingerprint density at radius 3 is 2.62 bits per heavy atom. The molecule has 3 rings (SSSR count). The first-order chi connectivity index (χ1) is 10.1. The molecule has 3 aromatic rings. The molecule has 6 heteroatoms. The van der Waals surface area contributed by atoms with Crippen LogP contribution in [0.4, 0.5) is 5.69 Å². The van der Waals surface area contributed by atoms with Gasteiger partial charge in [-0.05, 0) is 37.3 Å². The molecule has 0 atom stereocenters. The van der Waals surface area contributed by atoms with E-state index in [0.29, 0.717) is 28.0 Å². The highest BCUT2D eigenvalue weighted by molar-refractivity contribution is 5.97. The molecule has 0 saturated carbocycles. The monoisotopic (exact) mass is 280 g/mol. The summed E-state index contributed by atoms with van der Waals surface area (Å²) in [4.78, 5) is 15.9. The number of nitrogens with zero attached hydrogens (tertiary/aromatic N) is 3. The van der Waals surface area contributed by atoms with Crippen molar-refractivity contribution in [2.24, 2.45) is 0 Å². The molecule has 0 spiro atoms. The van der Waals surface area contributed by atoms with Gasteiger partial charge >= 0.3 is 6.01 Å². The van der Waals surface area contributed by atoms with E-state index >= 15 is 0 Å². The minimum atomic E-state index is -0.147. The number of fused-ring (bicyclic) bond motifs is 1. The van der Waals surface area contributed by atoms with E-state index in [9.17, 15) is 4.79 Å². The van der Waals surface area contributed by atoms with Crippen molar-refractivity contribution in [2.75, 3.05) is 5.73 Å². The summed E-state index contributed by atoms with van der Waals surface area (Å²) in [6, 6.07) is 12.2. The zero-order valence-corrected chi connectivity index (χ0v) is 11.3. The molecule has 2 aromatic carbocycles. The van der Waals surface area contributed by atoms with Gasteiger partial charge < -0.3 is 10.5 Å². The van der Waals surface area contributed by atoms with E-state index in [1.807, 2.05) is 24.3 Å². The molecule has 0 radical (unpaired) electrons. The second-order valence-corrected chi connectivity index (χ2v) is 4.50. The van der Waals surface area contributed by atoms with Gasteiger partial charge in [-0.25, -0.2) is 0 Å². The lowest BCUT2D eigenvalue weighted by Crippen LogP contribution is -2.01. The van der Waals surface area contributed by atoms with E-state index in [1.165, 1.54) is 6.92 Å². The molecule has 104 valence electrons. The second kappa shape index (κ2) is 5.16. The Kier molecular flexibility index (Phi) is 3.19. The SMILES string of the molecule is CC(=O)c1cc(N)ccc1Oc1nnc2ccccc2n1. The number of hydrogen-bond donors (Lipinski definition) is 1. The predicted molar refractivity (Wildman–Crippen MR) is 78.3 cm³/mol. The molecule has 0 saturated heterocycles. The molecule has 0 aliphatic heterocycles. The van der Waals surface area contributed by atoms with Crippen LogP contribution in [0.2, 0.25) is 0 Å². The number of carbonyl (C=O) groups excluding carboxylic acids is 1. The summed E-state index contributed by atoms with van der Waals surface area (Å²) in [5.74, 6) is 0.208. The van der Waals surface area contributed by atoms with Gasteiger partial charge in [0.1, 0.15) is 11.3 Å². The van der Waals surface area contributed by atoms with Crippen molar-refractivity contribution in [3.63, 3.8) is 0 Å². The van der Waals surface area contributed by atoms with Crippen LogP contribution < -0.4 is 10.5 Å². The fraction of sp³-hybridized carbons (Fsp3) is 0.0667. The largest absolute Gasteiger partial charge is 0.422 e. The third-order valence-corrected chi connectivity index (χ3v) is 2.93. The first-order valence-electron chi connectivity index (χ1n) is 6.31. The normalized spacial score (nSPS) is 10.5. The minimum absolute atomic E-state index is 0.0842. The zero-order chi connectivity index (χ0) is 14.8. The van der Waals surface area contributed by atoms with Crippen LogP contribution in [0.25, 0.3) is 11.0 Å². The van der Waals surface area contributed by atoms with Crippen molar-refractivity contribution < 1.29 is 9.53 Å². The smallest absolute Gasteiger partial charge is 0.341 e. The van der Waals surface area contributed by atoms with E-state index in [1.54, 1.807) is 18.2 Å². The molecule has 0 unspecified atom stereocenters. The molecule has 1 aromatic heterocycles. The maximum atomic E-state index is 11.6. The maximum absolute atomic E-state index is 11.6. The molecule has 21 heavy (non-hydrogen) atoms. The Labute approximate surface area is 120 Å². The van der Waals surface area contributed by atoms with Crippen LogP contribution >= 0.6 is 0 Å². The minimum Gasteiger partial charge on any atom is -0.422 e. The Balaban J connectivity index is 2.00. The molecular formula is C15H12N4O2. The van der Waals surface area contributed by atoms with Crippen LogP contribution in [-0.2, 0) is 0 Å². The number of aromatic nitrogens is 3. The molecule has 6 nitrogen and oxygen atoms in total. The Morgan fingerprint density at radius 1 is 1.10 bits per heavy atom. The molecule has 0 aliphatic rings. The van der Waals surface area contributed by atoms with E-state index in [-0.39, 0.29) is 11.8 Å². The van der Waals surface area contributed by atoms with Gasteiger partial charge in [0.2, 0.25) is 0 Å². The molecule has 0 aliphatic carbocycles. The highest BCUT2D eigenvalue weighted by Crippen LogP contribution is 2.26. The van der Waals surface area contributed by atoms with Gasteiger partial charge in [0.25, 0.3) is 0 Å². The predicted octanol–water partition coefficient (Wildman–Crippen LogP) is 2.60. The van der Waals surface area contributed by atoms with Gasteiger partial charge in [0.15, 0.2) is 5.78 Å². The average molecular weight is 280 g/mol. The quantitative estimate of drug-likeness (QED) is 0.585. The molecule has 2 N–H and O–H groups in total. The van der Waals surface area contributed by atoms with Crippen molar-refractivity contribution >= 4 is 22.5 Å². The lowest BCUT2D eigenvalue weighted by atomic mass is 10.1. The fourth-order valence-electron chi connectivity index (χ4n) is 1.92. The van der Waals surface area contributed by atoms with Crippen molar-refractivity contribution in [3.8, 4) is 11.8 Å². The molecular weight excluding hydrogens is 268 g/mol. The van der Waals surface area contributed by atoms with Gasteiger partial charge in [-0.1, -0.05) is 17.2 Å². The van der Waals surface area contributed by atoms with E-state index in [2.05, 4.69) is 15.2 Å². The van der Waals surface area contributed by atoms with Crippen molar-refractivity contribution in [2.45, 2.75) is 6.92 Å². The number of rotatable bonds is 3. The topological polar surface area (TPSA) is 91.0 Å². The first-order valence-corrected chi connectivity index (χ1v) is 6.31. The second-order valence-electron chi connectivity index (χ2n) is 4.50. The molecule has 0 fully saturated rings. The van der Waals surface area contributed by atoms with Crippen LogP contribution in [0.3, 0.4) is 0 Å². The number of benzene rings is 2. The summed E-state index contributed by atoms with van der Waals surface area (Å²) in [5, 5.41) is 7.92. The lowest BCUT2D eigenvalue weighted by Gasteiger charge is -2.08. The Bertz CT molecular complexity index is 833. The number of para-hydroxylation sites is 1. The molecule has 0 amide bonds. The highest BCUT2D eigenvalue weighted by Gasteiger charge is 2.12. The van der Waals surface area contributed by atoms with Crippen LogP contribution in [0.5, 0.6) is 11.8 Å². The zero-order valence-electron chi connectivity index (χ0n) is 11.3. The van der Waals surface area contributed by atoms with Crippen LogP contribution in [0.1, 0.15) is 17.3 Å². The van der Waals surface area contributed by atoms with E-state index in [4.69, 9.17) is 10.5 Å². The first kappa shape index (κ1) is 13.0. The van der Waals surface area contributed by atoms with Gasteiger partial charge in [0, 0.05) is 5.69 Å². The Hall–Kier alpha value is -3.02. The van der Waals surface area contributed by atoms with Crippen molar-refractivity contribution in [3.05, 3.63) is 48.0 Å². The highest BCUT2D eigenvalue weighted by atomic mass is 16.5. The third-order valence-electron chi connectivity index (χ3n) is 2.93. The van der Waals surface area contributed by atoms with Gasteiger partial charge in [-0.15, -0.1) is 5.10 Å². The molecule has 1 heterocycles. The number of ketones is 1. The summed E-state index contributed by atoms with van der Waals surface area (Å²) in [5.41, 5.74) is 7.90. The number of carbonyl (C=O) groups is 1. The number of ether oxygens (including phenoxy) is 1. The summed E-state index contributed by atoms with van der Waals surface area (Å²) in [7, 11) is 0. The lowest BCUT2D eigenvalue weighted by molar-refractivity contribution is 0.101. The summed E-state index contributed by atoms with van der Waals surface area (Å²) in [6.07, 6.45) is 0. The Morgan fingerprint density at radius 2 is 1.86 bits per heavy atom. The van der Waals surface area contributed by atoms with Gasteiger partial charge in [-0.2, -0.15) is 4.98 Å². The number of hydrogen-bond acceptors (Lipinski definition) is 6. The number of Topliss-reactive ketones (excluding diaryl/α,β-unsaturated/α-hetero) is 1. The average Bonchev–Trinajstić information content (AvgIpc) is 2.49. The third kappa shape index (κ3) is 2.64. The van der Waals surface area contributed by atoms with Crippen molar-refractivity contribution in [1.29, 1.82) is 0 Å². The van der Waals surface area contributed by atoms with Gasteiger partial charge in [-0.3, -0.25) is 4.79 Å². The van der Waals surface area contributed by atoms with E-state index < -0.39 is 0 Å². The summed E-state index contributed by atoms with van der Waals surface area (Å²) >= 11 is 0. The van der Waals surface area contributed by atoms with Crippen molar-refractivity contribution in [1.82, 2.24) is 15.2 Å². The van der Waals surface area contributed by atoms with Gasteiger partial charge in [0.05, 0.1) is 11.1 Å². The van der Waals surface area contributed by atoms with Crippen LogP contribution in [0.15, 0.2) is 42.5 Å². The van der Waals surface area contributed by atoms with E-state index in [0.717, 1.165) is 0 Å². The number of nitrogen functional groups attached to an aromatic ring is 1. The maximum Gasteiger partial charge on any atom is 0.341 e. The standard InChI is InChI=1S/C15H12N4O2/c1-9(20)11-8-10(16)6-7-14(11)21-15-17-12-4-2-3-5-13(12)18-19-15/h2-8H,16H2,1H3. The molecule has 0 bridgehead atoms. The summed E-state index contributed by atoms with van der Waals surface area (Å²) < 4.78 is 5.57. The van der Waals surface area contributed by atoms with Crippen LogP contribution in [-0.4, -0.2) is 21.0 Å². The summed E-state index contributed by atoms with van der Waals surface area (Å²) in [6.45, 7) is 1.45. The fourth-order valence-corrected chi connectivity index (χ4v) is 1.92. The number of anilines is 1.